The van der Waals surface area contributed by atoms with Crippen molar-refractivity contribution in [3.63, 3.8) is 0 Å². The maximum Gasteiger partial charge on any atom is 0.145 e. The summed E-state index contributed by atoms with van der Waals surface area (Å²) >= 11 is 0. The highest BCUT2D eigenvalue weighted by molar-refractivity contribution is 6.26. The van der Waals surface area contributed by atoms with E-state index in [2.05, 4.69) is 146 Å². The van der Waals surface area contributed by atoms with Crippen LogP contribution >= 0.6 is 0 Å². The largest absolute Gasteiger partial charge is 0.455 e. The number of fused-ring (bicyclic) bond motifs is 10. The first-order valence-electron chi connectivity index (χ1n) is 13.5. The van der Waals surface area contributed by atoms with Gasteiger partial charge in [-0.15, -0.1) is 0 Å². The number of furan rings is 1. The van der Waals surface area contributed by atoms with Crippen LogP contribution in [0, 0.1) is 0 Å². The molecule has 0 bridgehead atoms. The summed E-state index contributed by atoms with van der Waals surface area (Å²) in [5, 5.41) is 4.77. The molecule has 2 heteroatoms. The molecular weight excluding hydrogens is 474 g/mol. The van der Waals surface area contributed by atoms with Crippen LogP contribution in [0.5, 0.6) is 0 Å². The molecule has 186 valence electrons. The Morgan fingerprint density at radius 1 is 0.564 bits per heavy atom. The zero-order valence-corrected chi connectivity index (χ0v) is 22.0. The zero-order valence-electron chi connectivity index (χ0n) is 22.0. The Labute approximate surface area is 227 Å². The molecule has 0 amide bonds. The van der Waals surface area contributed by atoms with Gasteiger partial charge in [0.25, 0.3) is 0 Å². The van der Waals surface area contributed by atoms with Gasteiger partial charge in [-0.3, -0.25) is 0 Å². The van der Waals surface area contributed by atoms with E-state index in [0.717, 1.165) is 33.6 Å². The average molecular weight is 502 g/mol. The van der Waals surface area contributed by atoms with Crippen molar-refractivity contribution < 1.29 is 4.42 Å². The second kappa shape index (κ2) is 8.09. The molecule has 0 saturated heterocycles. The molecule has 1 aliphatic rings. The maximum atomic E-state index is 6.82. The quantitative estimate of drug-likeness (QED) is 0.239. The molecule has 1 aliphatic carbocycles. The number of para-hydroxylation sites is 3. The maximum absolute atomic E-state index is 6.82. The fraction of sp³-hybridized carbons (Fsp3) is 0.0811. The SMILES string of the molecule is CC1(C)c2ccccc2-c2c1c1c3ccccc3oc1c1c(N(c3ccccc3)c3ccccc3)cccc21. The predicted molar refractivity (Wildman–Crippen MR) is 163 cm³/mol. The standard InChI is InChI=1S/C37H27NO/c1-37(2)29-21-11-9-18-26(29)32-28-20-13-22-30(38(24-14-5-3-6-15-24)25-16-7-4-8-17-25)33(28)36-34(35(32)37)27-19-10-12-23-31(27)39-36/h3-23H,1-2H3. The number of rotatable bonds is 3. The van der Waals surface area contributed by atoms with Gasteiger partial charge in [0.15, 0.2) is 0 Å². The highest BCUT2D eigenvalue weighted by Crippen LogP contribution is 2.57. The molecule has 0 spiro atoms. The third kappa shape index (κ3) is 3.03. The molecule has 0 radical (unpaired) electrons. The number of nitrogens with zero attached hydrogens (tertiary/aromatic N) is 1. The Kier molecular flexibility index (Phi) is 4.60. The summed E-state index contributed by atoms with van der Waals surface area (Å²) in [6, 6.07) is 45.3. The van der Waals surface area contributed by atoms with Crippen LogP contribution in [0.4, 0.5) is 17.1 Å². The van der Waals surface area contributed by atoms with Crippen molar-refractivity contribution in [3.8, 4) is 11.1 Å². The van der Waals surface area contributed by atoms with Crippen LogP contribution in [0.3, 0.4) is 0 Å². The molecular formula is C37H27NO. The fourth-order valence-electron chi connectivity index (χ4n) is 6.77. The average Bonchev–Trinajstić information content (AvgIpc) is 3.47. The first-order chi connectivity index (χ1) is 19.1. The van der Waals surface area contributed by atoms with Gasteiger partial charge in [-0.25, -0.2) is 0 Å². The van der Waals surface area contributed by atoms with E-state index in [-0.39, 0.29) is 5.41 Å². The van der Waals surface area contributed by atoms with Crippen molar-refractivity contribution in [3.05, 3.63) is 139 Å². The molecule has 0 saturated carbocycles. The molecule has 39 heavy (non-hydrogen) atoms. The lowest BCUT2D eigenvalue weighted by Gasteiger charge is -2.28. The lowest BCUT2D eigenvalue weighted by molar-refractivity contribution is 0.659. The van der Waals surface area contributed by atoms with Gasteiger partial charge in [-0.1, -0.05) is 105 Å². The van der Waals surface area contributed by atoms with Crippen LogP contribution in [0.2, 0.25) is 0 Å². The molecule has 1 heterocycles. The van der Waals surface area contributed by atoms with E-state index < -0.39 is 0 Å². The summed E-state index contributed by atoms with van der Waals surface area (Å²) in [5.74, 6) is 0. The first-order valence-corrected chi connectivity index (χ1v) is 13.5. The number of hydrogen-bond acceptors (Lipinski definition) is 2. The van der Waals surface area contributed by atoms with Crippen LogP contribution in [0.15, 0.2) is 132 Å². The van der Waals surface area contributed by atoms with Crippen LogP contribution < -0.4 is 4.90 Å². The molecule has 0 atom stereocenters. The van der Waals surface area contributed by atoms with Gasteiger partial charge in [0, 0.05) is 32.9 Å². The molecule has 8 rings (SSSR count). The molecule has 0 unspecified atom stereocenters. The Hall–Kier alpha value is -4.82. The molecule has 7 aromatic rings. The summed E-state index contributed by atoms with van der Waals surface area (Å²) in [4.78, 5) is 2.35. The lowest BCUT2D eigenvalue weighted by Crippen LogP contribution is -2.15. The van der Waals surface area contributed by atoms with E-state index >= 15 is 0 Å². The first kappa shape index (κ1) is 22.2. The summed E-state index contributed by atoms with van der Waals surface area (Å²) in [6.45, 7) is 4.71. The topological polar surface area (TPSA) is 16.4 Å². The van der Waals surface area contributed by atoms with E-state index in [4.69, 9.17) is 4.42 Å². The van der Waals surface area contributed by atoms with E-state index in [1.165, 1.54) is 38.4 Å². The summed E-state index contributed by atoms with van der Waals surface area (Å²) in [7, 11) is 0. The molecule has 0 N–H and O–H groups in total. The van der Waals surface area contributed by atoms with Gasteiger partial charge in [0.05, 0.1) is 5.69 Å². The van der Waals surface area contributed by atoms with Gasteiger partial charge >= 0.3 is 0 Å². The van der Waals surface area contributed by atoms with E-state index in [1.54, 1.807) is 0 Å². The van der Waals surface area contributed by atoms with Crippen molar-refractivity contribution in [2.45, 2.75) is 19.3 Å². The van der Waals surface area contributed by atoms with Crippen LogP contribution in [0.25, 0.3) is 43.8 Å². The molecule has 1 aromatic heterocycles. The lowest BCUT2D eigenvalue weighted by atomic mass is 9.79. The highest BCUT2D eigenvalue weighted by atomic mass is 16.3. The number of benzene rings is 6. The molecule has 0 aliphatic heterocycles. The second-order valence-corrected chi connectivity index (χ2v) is 10.9. The van der Waals surface area contributed by atoms with Gasteiger partial charge in [0.1, 0.15) is 11.2 Å². The number of hydrogen-bond donors (Lipinski definition) is 0. The Morgan fingerprint density at radius 2 is 1.18 bits per heavy atom. The van der Waals surface area contributed by atoms with E-state index in [9.17, 15) is 0 Å². The van der Waals surface area contributed by atoms with Crippen LogP contribution in [-0.4, -0.2) is 0 Å². The van der Waals surface area contributed by atoms with Crippen LogP contribution in [-0.2, 0) is 5.41 Å². The van der Waals surface area contributed by atoms with Crippen LogP contribution in [0.1, 0.15) is 25.0 Å². The normalized spacial score (nSPS) is 13.6. The summed E-state index contributed by atoms with van der Waals surface area (Å²) in [5.41, 5.74) is 10.4. The summed E-state index contributed by atoms with van der Waals surface area (Å²) in [6.07, 6.45) is 0. The van der Waals surface area contributed by atoms with Gasteiger partial charge in [0.2, 0.25) is 0 Å². The van der Waals surface area contributed by atoms with Crippen molar-refractivity contribution in [1.82, 2.24) is 0 Å². The van der Waals surface area contributed by atoms with Crippen molar-refractivity contribution >= 4 is 49.8 Å². The summed E-state index contributed by atoms with van der Waals surface area (Å²) < 4.78 is 6.82. The monoisotopic (exact) mass is 501 g/mol. The third-order valence-electron chi connectivity index (χ3n) is 8.40. The molecule has 0 fully saturated rings. The molecule has 2 nitrogen and oxygen atoms in total. The Morgan fingerprint density at radius 3 is 1.92 bits per heavy atom. The predicted octanol–water partition coefficient (Wildman–Crippen LogP) is 10.5. The minimum atomic E-state index is -0.153. The van der Waals surface area contributed by atoms with Crippen molar-refractivity contribution in [2.75, 3.05) is 4.90 Å². The highest BCUT2D eigenvalue weighted by Gasteiger charge is 2.40. The second-order valence-electron chi connectivity index (χ2n) is 10.9. The van der Waals surface area contributed by atoms with Gasteiger partial charge in [-0.05, 0) is 64.0 Å². The van der Waals surface area contributed by atoms with Gasteiger partial charge < -0.3 is 9.32 Å². The minimum absolute atomic E-state index is 0.153. The zero-order chi connectivity index (χ0) is 26.1. The smallest absolute Gasteiger partial charge is 0.145 e. The molecule has 6 aromatic carbocycles. The Balaban J connectivity index is 1.60. The fourth-order valence-corrected chi connectivity index (χ4v) is 6.77. The van der Waals surface area contributed by atoms with Crippen molar-refractivity contribution in [2.24, 2.45) is 0 Å². The number of anilines is 3. The van der Waals surface area contributed by atoms with E-state index in [1.807, 2.05) is 0 Å². The third-order valence-corrected chi connectivity index (χ3v) is 8.40. The van der Waals surface area contributed by atoms with Gasteiger partial charge in [-0.2, -0.15) is 0 Å². The van der Waals surface area contributed by atoms with Crippen molar-refractivity contribution in [1.29, 1.82) is 0 Å². The van der Waals surface area contributed by atoms with E-state index in [0.29, 0.717) is 0 Å². The Bertz CT molecular complexity index is 1990. The minimum Gasteiger partial charge on any atom is -0.455 e.